The van der Waals surface area contributed by atoms with Crippen LogP contribution in [-0.2, 0) is 16.1 Å². The number of carbonyl (C=O) groups is 3. The highest BCUT2D eigenvalue weighted by molar-refractivity contribution is 5.94. The first-order valence-corrected chi connectivity index (χ1v) is 7.21. The van der Waals surface area contributed by atoms with E-state index in [1.165, 1.54) is 6.92 Å². The summed E-state index contributed by atoms with van der Waals surface area (Å²) in [5, 5.41) is 7.98. The Hall–Kier alpha value is -2.37. The molecule has 0 fully saturated rings. The smallest absolute Gasteiger partial charge is 0.251 e. The highest BCUT2D eigenvalue weighted by Crippen LogP contribution is 2.06. The number of hydrogen-bond donors (Lipinski definition) is 3. The van der Waals surface area contributed by atoms with Crippen LogP contribution < -0.4 is 16.0 Å². The van der Waals surface area contributed by atoms with Crippen LogP contribution in [0.2, 0.25) is 0 Å². The third-order valence-electron chi connectivity index (χ3n) is 3.22. The monoisotopic (exact) mass is 305 g/mol. The minimum Gasteiger partial charge on any atom is -0.355 e. The standard InChI is InChI=1S/C16H23N3O3/c1-10(2)14(19-11(3)20)16(22)18-9-12-5-7-13(8-6-12)15(21)17-4/h5-8,10,14H,9H2,1-4H3,(H,17,21)(H,18,22)(H,19,20). The summed E-state index contributed by atoms with van der Waals surface area (Å²) in [7, 11) is 1.57. The van der Waals surface area contributed by atoms with Crippen LogP contribution in [-0.4, -0.2) is 30.8 Å². The predicted octanol–water partition coefficient (Wildman–Crippen LogP) is 0.823. The minimum absolute atomic E-state index is 0.000439. The summed E-state index contributed by atoms with van der Waals surface area (Å²) >= 11 is 0. The van der Waals surface area contributed by atoms with Crippen LogP contribution in [0.25, 0.3) is 0 Å². The molecule has 3 N–H and O–H groups in total. The van der Waals surface area contributed by atoms with Crippen molar-refractivity contribution in [1.29, 1.82) is 0 Å². The Kier molecular flexibility index (Phi) is 6.56. The summed E-state index contributed by atoms with van der Waals surface area (Å²) in [5.74, 6) is -0.606. The molecular weight excluding hydrogens is 282 g/mol. The van der Waals surface area contributed by atoms with Gasteiger partial charge in [0.05, 0.1) is 0 Å². The lowest BCUT2D eigenvalue weighted by Crippen LogP contribution is -2.48. The van der Waals surface area contributed by atoms with E-state index >= 15 is 0 Å². The molecule has 120 valence electrons. The van der Waals surface area contributed by atoms with E-state index in [1.807, 2.05) is 13.8 Å². The summed E-state index contributed by atoms with van der Waals surface area (Å²) in [6.45, 7) is 5.48. The highest BCUT2D eigenvalue weighted by Gasteiger charge is 2.22. The van der Waals surface area contributed by atoms with Gasteiger partial charge >= 0.3 is 0 Å². The first-order chi connectivity index (χ1) is 10.3. The Morgan fingerprint density at radius 3 is 2.14 bits per heavy atom. The van der Waals surface area contributed by atoms with Gasteiger partial charge < -0.3 is 16.0 Å². The second-order valence-corrected chi connectivity index (χ2v) is 5.42. The molecule has 1 aromatic carbocycles. The summed E-state index contributed by atoms with van der Waals surface area (Å²) in [5.41, 5.74) is 1.45. The van der Waals surface area contributed by atoms with E-state index < -0.39 is 6.04 Å². The molecule has 0 saturated heterocycles. The molecule has 0 heterocycles. The average Bonchev–Trinajstić information content (AvgIpc) is 2.49. The van der Waals surface area contributed by atoms with Gasteiger partial charge in [-0.3, -0.25) is 14.4 Å². The molecule has 1 atom stereocenters. The van der Waals surface area contributed by atoms with Gasteiger partial charge in [-0.1, -0.05) is 26.0 Å². The Morgan fingerprint density at radius 2 is 1.68 bits per heavy atom. The maximum Gasteiger partial charge on any atom is 0.251 e. The number of hydrogen-bond acceptors (Lipinski definition) is 3. The fourth-order valence-electron chi connectivity index (χ4n) is 1.97. The Balaban J connectivity index is 2.62. The lowest BCUT2D eigenvalue weighted by atomic mass is 10.0. The van der Waals surface area contributed by atoms with Gasteiger partial charge in [-0.2, -0.15) is 0 Å². The molecule has 0 bridgehead atoms. The van der Waals surface area contributed by atoms with Crippen molar-refractivity contribution < 1.29 is 14.4 Å². The van der Waals surface area contributed by atoms with Gasteiger partial charge in [0.1, 0.15) is 6.04 Å². The first kappa shape index (κ1) is 17.7. The maximum atomic E-state index is 12.1. The summed E-state index contributed by atoms with van der Waals surface area (Å²) < 4.78 is 0. The quantitative estimate of drug-likeness (QED) is 0.727. The molecule has 1 aromatic rings. The van der Waals surface area contributed by atoms with Gasteiger partial charge in [0.25, 0.3) is 5.91 Å². The normalized spacial score (nSPS) is 11.7. The molecule has 0 aliphatic heterocycles. The number of nitrogens with one attached hydrogen (secondary N) is 3. The molecule has 1 rings (SSSR count). The van der Waals surface area contributed by atoms with E-state index in [0.717, 1.165) is 5.56 Å². The number of carbonyl (C=O) groups excluding carboxylic acids is 3. The SMILES string of the molecule is CNC(=O)c1ccc(CNC(=O)C(NC(C)=O)C(C)C)cc1. The Morgan fingerprint density at radius 1 is 1.09 bits per heavy atom. The van der Waals surface area contributed by atoms with Crippen LogP contribution in [0.1, 0.15) is 36.7 Å². The van der Waals surface area contributed by atoms with Gasteiger partial charge in [-0.25, -0.2) is 0 Å². The molecule has 0 radical (unpaired) electrons. The van der Waals surface area contributed by atoms with Crippen molar-refractivity contribution in [2.75, 3.05) is 7.05 Å². The van der Waals surface area contributed by atoms with Crippen molar-refractivity contribution in [3.05, 3.63) is 35.4 Å². The summed E-state index contributed by atoms with van der Waals surface area (Å²) in [4.78, 5) is 34.7. The van der Waals surface area contributed by atoms with Crippen molar-refractivity contribution in [3.8, 4) is 0 Å². The first-order valence-electron chi connectivity index (χ1n) is 7.21. The van der Waals surface area contributed by atoms with Crippen LogP contribution in [0.4, 0.5) is 0 Å². The molecule has 22 heavy (non-hydrogen) atoms. The van der Waals surface area contributed by atoms with Crippen LogP contribution in [0.5, 0.6) is 0 Å². The zero-order valence-electron chi connectivity index (χ0n) is 13.4. The van der Waals surface area contributed by atoms with E-state index in [2.05, 4.69) is 16.0 Å². The van der Waals surface area contributed by atoms with Crippen molar-refractivity contribution in [2.24, 2.45) is 5.92 Å². The summed E-state index contributed by atoms with van der Waals surface area (Å²) in [6.07, 6.45) is 0. The lowest BCUT2D eigenvalue weighted by molar-refractivity contribution is -0.129. The topological polar surface area (TPSA) is 87.3 Å². The van der Waals surface area contributed by atoms with Crippen molar-refractivity contribution in [2.45, 2.75) is 33.4 Å². The molecule has 0 spiro atoms. The molecule has 0 aliphatic rings. The molecule has 0 aliphatic carbocycles. The van der Waals surface area contributed by atoms with Gasteiger partial charge in [0, 0.05) is 26.1 Å². The van der Waals surface area contributed by atoms with Crippen LogP contribution in [0.3, 0.4) is 0 Å². The zero-order chi connectivity index (χ0) is 16.7. The third kappa shape index (κ3) is 5.20. The number of benzene rings is 1. The van der Waals surface area contributed by atoms with Crippen LogP contribution in [0, 0.1) is 5.92 Å². The molecule has 6 nitrogen and oxygen atoms in total. The Bertz CT molecular complexity index is 538. The molecular formula is C16H23N3O3. The third-order valence-corrected chi connectivity index (χ3v) is 3.22. The average molecular weight is 305 g/mol. The maximum absolute atomic E-state index is 12.1. The lowest BCUT2D eigenvalue weighted by Gasteiger charge is -2.21. The molecule has 0 saturated carbocycles. The molecule has 3 amide bonds. The highest BCUT2D eigenvalue weighted by atomic mass is 16.2. The second kappa shape index (κ2) is 8.17. The van der Waals surface area contributed by atoms with Gasteiger partial charge in [-0.15, -0.1) is 0 Å². The fraction of sp³-hybridized carbons (Fsp3) is 0.438. The van der Waals surface area contributed by atoms with Crippen LogP contribution >= 0.6 is 0 Å². The van der Waals surface area contributed by atoms with Gasteiger partial charge in [0.15, 0.2) is 0 Å². The molecule has 6 heteroatoms. The van der Waals surface area contributed by atoms with Crippen molar-refractivity contribution in [3.63, 3.8) is 0 Å². The van der Waals surface area contributed by atoms with Gasteiger partial charge in [-0.05, 0) is 23.6 Å². The van der Waals surface area contributed by atoms with Crippen molar-refractivity contribution >= 4 is 17.7 Å². The molecule has 0 aromatic heterocycles. The van der Waals surface area contributed by atoms with Gasteiger partial charge in [0.2, 0.25) is 11.8 Å². The fourth-order valence-corrected chi connectivity index (χ4v) is 1.97. The minimum atomic E-state index is -0.553. The van der Waals surface area contributed by atoms with Crippen LogP contribution in [0.15, 0.2) is 24.3 Å². The number of rotatable bonds is 6. The van der Waals surface area contributed by atoms with E-state index in [1.54, 1.807) is 31.3 Å². The van der Waals surface area contributed by atoms with Crippen molar-refractivity contribution in [1.82, 2.24) is 16.0 Å². The molecule has 1 unspecified atom stereocenters. The van der Waals surface area contributed by atoms with E-state index in [-0.39, 0.29) is 23.6 Å². The largest absolute Gasteiger partial charge is 0.355 e. The number of amides is 3. The predicted molar refractivity (Wildman–Crippen MR) is 84.1 cm³/mol. The zero-order valence-corrected chi connectivity index (χ0v) is 13.4. The second-order valence-electron chi connectivity index (χ2n) is 5.42. The summed E-state index contributed by atoms with van der Waals surface area (Å²) in [6, 6.07) is 6.42. The van der Waals surface area contributed by atoms with E-state index in [9.17, 15) is 14.4 Å². The van der Waals surface area contributed by atoms with E-state index in [0.29, 0.717) is 12.1 Å². The Labute approximate surface area is 130 Å². The van der Waals surface area contributed by atoms with E-state index in [4.69, 9.17) is 0 Å².